The summed E-state index contributed by atoms with van der Waals surface area (Å²) in [6, 6.07) is 0. The number of halogens is 5. The molecule has 0 N–H and O–H groups in total. The van der Waals surface area contributed by atoms with Crippen molar-refractivity contribution in [3.63, 3.8) is 0 Å². The van der Waals surface area contributed by atoms with Crippen LogP contribution in [0.1, 0.15) is 13.8 Å². The molecular formula is C5H9AlCl5P. The van der Waals surface area contributed by atoms with Gasteiger partial charge >= 0.3 is 9.39 Å². The molecule has 72 valence electrons. The van der Waals surface area contributed by atoms with Crippen molar-refractivity contribution in [2.24, 2.45) is 0 Å². The van der Waals surface area contributed by atoms with E-state index in [1.165, 1.54) is 10.6 Å². The SMILES string of the molecule is CC1=C(C)[P+]1(C)Cl.[Cl][Al-]([Cl])([Cl])[Cl]. The van der Waals surface area contributed by atoms with E-state index in [4.69, 9.17) is 51.4 Å². The van der Waals surface area contributed by atoms with Crippen molar-refractivity contribution in [1.82, 2.24) is 0 Å². The zero-order chi connectivity index (χ0) is 10.2. The summed E-state index contributed by atoms with van der Waals surface area (Å²) in [5.41, 5.74) is 0. The Bertz CT molecular complexity index is 186. The molecule has 0 amide bonds. The molecule has 0 aromatic heterocycles. The van der Waals surface area contributed by atoms with Gasteiger partial charge in [0, 0.05) is 0 Å². The van der Waals surface area contributed by atoms with Crippen LogP contribution in [-0.4, -0.2) is 16.1 Å². The van der Waals surface area contributed by atoms with Gasteiger partial charge in [0.25, 0.3) is 0 Å². The summed E-state index contributed by atoms with van der Waals surface area (Å²) in [5.74, 6) is 0. The van der Waals surface area contributed by atoms with Gasteiger partial charge in [-0.2, -0.15) is 0 Å². The molecule has 1 rings (SSSR count). The molecule has 0 saturated carbocycles. The molecule has 1 aliphatic rings. The average molecular weight is 304 g/mol. The Kier molecular flexibility index (Phi) is 5.64. The molecule has 0 bridgehead atoms. The van der Waals surface area contributed by atoms with E-state index in [0.29, 0.717) is 0 Å². The number of hydrogen-bond donors (Lipinski definition) is 0. The van der Waals surface area contributed by atoms with Crippen molar-refractivity contribution in [2.45, 2.75) is 13.8 Å². The third-order valence-electron chi connectivity index (χ3n) is 1.73. The van der Waals surface area contributed by atoms with E-state index in [1.54, 1.807) is 0 Å². The van der Waals surface area contributed by atoms with Crippen LogP contribution in [0.15, 0.2) is 10.6 Å². The van der Waals surface area contributed by atoms with E-state index in [-0.39, 0.29) is 0 Å². The van der Waals surface area contributed by atoms with E-state index in [0.717, 1.165) is 0 Å². The molecule has 0 nitrogen and oxygen atoms in total. The molecule has 0 unspecified atom stereocenters. The molecule has 1 aliphatic heterocycles. The lowest BCUT2D eigenvalue weighted by atomic mass is 10.6. The second-order valence-corrected chi connectivity index (χ2v) is 20.6. The summed E-state index contributed by atoms with van der Waals surface area (Å²) in [6.07, 6.45) is 0. The van der Waals surface area contributed by atoms with Gasteiger partial charge in [-0.15, -0.1) is 0 Å². The summed E-state index contributed by atoms with van der Waals surface area (Å²) in [5, 5.41) is 2.91. The van der Waals surface area contributed by atoms with Gasteiger partial charge in [0.05, 0.1) is 17.9 Å². The Balaban J connectivity index is 0.000000217. The maximum absolute atomic E-state index is 5.98. The van der Waals surface area contributed by atoms with Gasteiger partial charge in [-0.25, -0.2) is 0 Å². The van der Waals surface area contributed by atoms with Crippen LogP contribution in [0.2, 0.25) is 0 Å². The Morgan fingerprint density at radius 1 is 1.00 bits per heavy atom. The van der Waals surface area contributed by atoms with E-state index in [9.17, 15) is 0 Å². The average Bonchev–Trinajstić information content (AvgIpc) is 2.14. The van der Waals surface area contributed by atoms with Crippen molar-refractivity contribution in [2.75, 3.05) is 6.66 Å². The second-order valence-electron chi connectivity index (χ2n) is 2.56. The molecule has 12 heavy (non-hydrogen) atoms. The van der Waals surface area contributed by atoms with Crippen LogP contribution in [0.5, 0.6) is 0 Å². The molecule has 1 heterocycles. The van der Waals surface area contributed by atoms with Crippen LogP contribution >= 0.6 is 58.1 Å². The first-order valence-electron chi connectivity index (χ1n) is 3.19. The highest BCUT2D eigenvalue weighted by Gasteiger charge is 2.53. The summed E-state index contributed by atoms with van der Waals surface area (Å²) < 4.78 is 0. The number of allylic oxidation sites excluding steroid dienone is 2. The van der Waals surface area contributed by atoms with Crippen LogP contribution in [-0.2, 0) is 0 Å². The molecule has 0 atom stereocenters. The lowest BCUT2D eigenvalue weighted by Crippen LogP contribution is -1.91. The topological polar surface area (TPSA) is 0 Å². The maximum atomic E-state index is 5.98. The standard InChI is InChI=1S/C5H9ClP.Al.4ClH/c1-4-5(2)7(4,3)6;;;;;/h1-3H3;;4*1H/q+1;+3;;;;/p-4. The minimum absolute atomic E-state index is 1.02. The van der Waals surface area contributed by atoms with Crippen LogP contribution in [0.4, 0.5) is 0 Å². The van der Waals surface area contributed by atoms with Gasteiger partial charge < -0.3 is 40.2 Å². The van der Waals surface area contributed by atoms with E-state index in [2.05, 4.69) is 20.5 Å². The van der Waals surface area contributed by atoms with Crippen molar-refractivity contribution in [3.05, 3.63) is 10.6 Å². The first-order valence-corrected chi connectivity index (χ1v) is 13.3. The second kappa shape index (κ2) is 4.78. The third-order valence-corrected chi connectivity index (χ3v) is 6.22. The molecule has 0 saturated heterocycles. The molecule has 7 heteroatoms. The molecular weight excluding hydrogens is 295 g/mol. The van der Waals surface area contributed by atoms with E-state index in [1.807, 2.05) is 0 Å². The van der Waals surface area contributed by atoms with Crippen LogP contribution in [0.3, 0.4) is 0 Å². The van der Waals surface area contributed by atoms with Crippen molar-refractivity contribution in [3.8, 4) is 0 Å². The first kappa shape index (κ1) is 14.2. The van der Waals surface area contributed by atoms with Gasteiger partial charge in [0.15, 0.2) is 6.62 Å². The zero-order valence-electron chi connectivity index (χ0n) is 6.91. The van der Waals surface area contributed by atoms with Gasteiger partial charge in [-0.05, 0) is 13.8 Å². The zero-order valence-corrected chi connectivity index (χ0v) is 12.7. The van der Waals surface area contributed by atoms with E-state index < -0.39 is 16.0 Å². The first-order chi connectivity index (χ1) is 5.07. The third kappa shape index (κ3) is 5.79. The summed E-state index contributed by atoms with van der Waals surface area (Å²) in [7, 11) is 17.0. The van der Waals surface area contributed by atoms with Gasteiger partial charge in [-0.1, -0.05) is 0 Å². The molecule has 0 aromatic carbocycles. The largest absolute Gasteiger partial charge is 0.564 e. The minimum atomic E-state index is -2.94. The highest BCUT2D eigenvalue weighted by atomic mass is 35.9. The predicted molar refractivity (Wildman–Crippen MR) is 66.2 cm³/mol. The summed E-state index contributed by atoms with van der Waals surface area (Å²) in [6.45, 7) is 5.36. The number of rotatable bonds is 0. The highest BCUT2D eigenvalue weighted by molar-refractivity contribution is 8.10. The van der Waals surface area contributed by atoms with Crippen LogP contribution < -0.4 is 0 Å². The van der Waals surface area contributed by atoms with Crippen molar-refractivity contribution in [1.29, 1.82) is 0 Å². The Hall–Kier alpha value is 2.15. The lowest BCUT2D eigenvalue weighted by molar-refractivity contribution is 1.64. The minimum Gasteiger partial charge on any atom is -0.391 e. The van der Waals surface area contributed by atoms with Gasteiger partial charge in [0.1, 0.15) is 10.6 Å². The predicted octanol–water partition coefficient (Wildman–Crippen LogP) is 5.43. The molecule has 0 aliphatic carbocycles. The smallest absolute Gasteiger partial charge is 0.391 e. The fourth-order valence-electron chi connectivity index (χ4n) is 0.601. The fourth-order valence-corrected chi connectivity index (χ4v) is 3.06. The van der Waals surface area contributed by atoms with Crippen molar-refractivity contribution >= 4 is 67.4 Å². The normalized spacial score (nSPS) is 20.0. The molecule has 0 spiro atoms. The highest BCUT2D eigenvalue weighted by Crippen LogP contribution is 2.87. The van der Waals surface area contributed by atoms with Gasteiger partial charge in [-0.3, -0.25) is 0 Å². The van der Waals surface area contributed by atoms with Gasteiger partial charge in [0.2, 0.25) is 0 Å². The van der Waals surface area contributed by atoms with Crippen LogP contribution in [0.25, 0.3) is 0 Å². The van der Waals surface area contributed by atoms with Crippen LogP contribution in [0, 0.1) is 0 Å². The molecule has 0 fully saturated rings. The Morgan fingerprint density at radius 2 is 1.08 bits per heavy atom. The summed E-state index contributed by atoms with van der Waals surface area (Å²) >= 11 is 5.98. The van der Waals surface area contributed by atoms with Crippen molar-refractivity contribution < 1.29 is 0 Å². The Morgan fingerprint density at radius 3 is 1.08 bits per heavy atom. The molecule has 0 radical (unpaired) electrons. The monoisotopic (exact) mass is 302 g/mol. The van der Waals surface area contributed by atoms with E-state index >= 15 is 0 Å². The Labute approximate surface area is 97.8 Å². The lowest BCUT2D eigenvalue weighted by Gasteiger charge is -1.97. The fraction of sp³-hybridized carbons (Fsp3) is 0.600. The summed E-state index contributed by atoms with van der Waals surface area (Å²) in [4.78, 5) is 0. The number of hydrogen-bond acceptors (Lipinski definition) is 0. The maximum Gasteiger partial charge on any atom is 0.564 e. The molecule has 0 aromatic rings. The quantitative estimate of drug-likeness (QED) is 0.413.